The van der Waals surface area contributed by atoms with Crippen LogP contribution in [0.2, 0.25) is 0 Å². The van der Waals surface area contributed by atoms with Gasteiger partial charge in [-0.25, -0.2) is 0 Å². The molecule has 1 saturated heterocycles. The summed E-state index contributed by atoms with van der Waals surface area (Å²) in [6, 6.07) is 4.62. The largest absolute Gasteiger partial charge is 0.386 e. The molecule has 0 saturated carbocycles. The molecule has 0 bridgehead atoms. The summed E-state index contributed by atoms with van der Waals surface area (Å²) in [5.41, 5.74) is -0.649. The van der Waals surface area contributed by atoms with E-state index in [-0.39, 0.29) is 0 Å². The maximum Gasteiger partial charge on any atom is 0.102 e. The molecule has 1 aliphatic rings. The van der Waals surface area contributed by atoms with Gasteiger partial charge < -0.3 is 15.2 Å². The number of ether oxygens (including phenoxy) is 1. The van der Waals surface area contributed by atoms with E-state index in [9.17, 15) is 5.11 Å². The van der Waals surface area contributed by atoms with Gasteiger partial charge in [0.05, 0.1) is 6.61 Å². The number of aliphatic hydroxyl groups is 1. The van der Waals surface area contributed by atoms with Gasteiger partial charge in [-0.15, -0.1) is 11.3 Å². The second-order valence-corrected chi connectivity index (χ2v) is 5.62. The molecule has 2 atom stereocenters. The first-order valence-corrected chi connectivity index (χ1v) is 6.62. The molecule has 2 heterocycles. The van der Waals surface area contributed by atoms with Gasteiger partial charge in [-0.05, 0) is 24.8 Å². The molecule has 16 heavy (non-hydrogen) atoms. The standard InChI is InChI=1S/C12H19NO2S/c1-10(7-11-3-2-6-16-11)13-8-12(14)4-5-15-9-12/h2-3,6,10,13-14H,4-5,7-9H2,1H3. The van der Waals surface area contributed by atoms with Gasteiger partial charge in [0, 0.05) is 30.5 Å². The lowest BCUT2D eigenvalue weighted by Gasteiger charge is -2.23. The molecule has 1 aromatic heterocycles. The van der Waals surface area contributed by atoms with E-state index in [1.165, 1.54) is 4.88 Å². The molecule has 1 aliphatic heterocycles. The monoisotopic (exact) mass is 241 g/mol. The highest BCUT2D eigenvalue weighted by Gasteiger charge is 2.32. The fourth-order valence-electron chi connectivity index (χ4n) is 1.90. The van der Waals surface area contributed by atoms with Crippen LogP contribution in [-0.4, -0.2) is 36.5 Å². The van der Waals surface area contributed by atoms with Crippen molar-refractivity contribution in [2.24, 2.45) is 0 Å². The van der Waals surface area contributed by atoms with Crippen LogP contribution in [0.25, 0.3) is 0 Å². The predicted molar refractivity (Wildman–Crippen MR) is 65.9 cm³/mol. The SMILES string of the molecule is CC(Cc1cccs1)NCC1(O)CCOC1. The molecule has 2 unspecified atom stereocenters. The molecule has 0 radical (unpaired) electrons. The molecule has 0 amide bonds. The summed E-state index contributed by atoms with van der Waals surface area (Å²) in [7, 11) is 0. The van der Waals surface area contributed by atoms with Gasteiger partial charge in [0.1, 0.15) is 5.60 Å². The molecule has 90 valence electrons. The summed E-state index contributed by atoms with van der Waals surface area (Å²) in [6.07, 6.45) is 1.76. The minimum atomic E-state index is -0.649. The van der Waals surface area contributed by atoms with Crippen LogP contribution in [0, 0.1) is 0 Å². The summed E-state index contributed by atoms with van der Waals surface area (Å²) in [5.74, 6) is 0. The fraction of sp³-hybridized carbons (Fsp3) is 0.667. The highest BCUT2D eigenvalue weighted by molar-refractivity contribution is 7.09. The summed E-state index contributed by atoms with van der Waals surface area (Å²) < 4.78 is 5.21. The topological polar surface area (TPSA) is 41.5 Å². The fourth-order valence-corrected chi connectivity index (χ4v) is 2.74. The molecule has 2 N–H and O–H groups in total. The van der Waals surface area contributed by atoms with E-state index in [1.54, 1.807) is 11.3 Å². The molecule has 3 nitrogen and oxygen atoms in total. The lowest BCUT2D eigenvalue weighted by atomic mass is 10.0. The van der Waals surface area contributed by atoms with Gasteiger partial charge in [0.15, 0.2) is 0 Å². The molecule has 2 rings (SSSR count). The molecule has 0 aliphatic carbocycles. The van der Waals surface area contributed by atoms with Crippen molar-refractivity contribution in [2.75, 3.05) is 19.8 Å². The Morgan fingerprint density at radius 1 is 1.69 bits per heavy atom. The van der Waals surface area contributed by atoms with Crippen LogP contribution < -0.4 is 5.32 Å². The number of rotatable bonds is 5. The van der Waals surface area contributed by atoms with Crippen LogP contribution in [0.3, 0.4) is 0 Å². The number of hydrogen-bond acceptors (Lipinski definition) is 4. The van der Waals surface area contributed by atoms with Crippen molar-refractivity contribution in [3.8, 4) is 0 Å². The second-order valence-electron chi connectivity index (χ2n) is 4.59. The minimum absolute atomic E-state index is 0.392. The zero-order chi connectivity index (χ0) is 11.4. The highest BCUT2D eigenvalue weighted by Crippen LogP contribution is 2.17. The van der Waals surface area contributed by atoms with Gasteiger partial charge in [-0.2, -0.15) is 0 Å². The molecular formula is C12H19NO2S. The zero-order valence-electron chi connectivity index (χ0n) is 9.61. The third kappa shape index (κ3) is 3.28. The highest BCUT2D eigenvalue weighted by atomic mass is 32.1. The lowest BCUT2D eigenvalue weighted by Crippen LogP contribution is -2.44. The third-order valence-corrected chi connectivity index (χ3v) is 3.85. The van der Waals surface area contributed by atoms with E-state index in [0.717, 1.165) is 12.8 Å². The van der Waals surface area contributed by atoms with Crippen molar-refractivity contribution in [3.63, 3.8) is 0 Å². The Morgan fingerprint density at radius 3 is 3.19 bits per heavy atom. The first-order chi connectivity index (χ1) is 7.68. The van der Waals surface area contributed by atoms with Gasteiger partial charge in [0.2, 0.25) is 0 Å². The van der Waals surface area contributed by atoms with E-state index in [0.29, 0.717) is 25.8 Å². The Bertz CT molecular complexity index is 307. The Kier molecular flexibility index (Phi) is 3.97. The van der Waals surface area contributed by atoms with Crippen LogP contribution in [0.1, 0.15) is 18.2 Å². The van der Waals surface area contributed by atoms with Crippen LogP contribution in [-0.2, 0) is 11.2 Å². The third-order valence-electron chi connectivity index (χ3n) is 2.95. The Balaban J connectivity index is 1.73. The molecule has 0 spiro atoms. The Labute approximate surface area is 100 Å². The van der Waals surface area contributed by atoms with E-state index in [2.05, 4.69) is 29.8 Å². The van der Waals surface area contributed by atoms with Crippen LogP contribution in [0.15, 0.2) is 17.5 Å². The maximum absolute atomic E-state index is 10.1. The Morgan fingerprint density at radius 2 is 2.56 bits per heavy atom. The van der Waals surface area contributed by atoms with Crippen molar-refractivity contribution in [2.45, 2.75) is 31.4 Å². The van der Waals surface area contributed by atoms with Crippen LogP contribution >= 0.6 is 11.3 Å². The number of nitrogens with one attached hydrogen (secondary N) is 1. The molecular weight excluding hydrogens is 222 g/mol. The van der Waals surface area contributed by atoms with E-state index < -0.39 is 5.60 Å². The number of thiophene rings is 1. The van der Waals surface area contributed by atoms with Crippen molar-refractivity contribution < 1.29 is 9.84 Å². The quantitative estimate of drug-likeness (QED) is 0.819. The summed E-state index contributed by atoms with van der Waals surface area (Å²) >= 11 is 1.78. The van der Waals surface area contributed by atoms with Gasteiger partial charge in [-0.1, -0.05) is 6.07 Å². The van der Waals surface area contributed by atoms with Crippen molar-refractivity contribution in [1.82, 2.24) is 5.32 Å². The minimum Gasteiger partial charge on any atom is -0.386 e. The molecule has 1 aromatic rings. The lowest BCUT2D eigenvalue weighted by molar-refractivity contribution is 0.0252. The van der Waals surface area contributed by atoms with E-state index >= 15 is 0 Å². The van der Waals surface area contributed by atoms with E-state index in [1.807, 2.05) is 0 Å². The first kappa shape index (κ1) is 12.0. The van der Waals surface area contributed by atoms with E-state index in [4.69, 9.17) is 4.74 Å². The Hall–Kier alpha value is -0.420. The average molecular weight is 241 g/mol. The predicted octanol–water partition coefficient (Wildman–Crippen LogP) is 1.42. The van der Waals surface area contributed by atoms with Crippen molar-refractivity contribution >= 4 is 11.3 Å². The average Bonchev–Trinajstić information content (AvgIpc) is 2.88. The molecule has 1 fully saturated rings. The summed E-state index contributed by atoms with van der Waals surface area (Å²) in [5, 5.41) is 15.6. The number of hydrogen-bond donors (Lipinski definition) is 2. The normalized spacial score (nSPS) is 27.1. The summed E-state index contributed by atoms with van der Waals surface area (Å²) in [6.45, 7) is 3.92. The van der Waals surface area contributed by atoms with Gasteiger partial charge in [-0.3, -0.25) is 0 Å². The smallest absolute Gasteiger partial charge is 0.102 e. The first-order valence-electron chi connectivity index (χ1n) is 5.74. The van der Waals surface area contributed by atoms with Crippen LogP contribution in [0.5, 0.6) is 0 Å². The van der Waals surface area contributed by atoms with Crippen LogP contribution in [0.4, 0.5) is 0 Å². The zero-order valence-corrected chi connectivity index (χ0v) is 10.4. The van der Waals surface area contributed by atoms with Crippen molar-refractivity contribution in [3.05, 3.63) is 22.4 Å². The van der Waals surface area contributed by atoms with Crippen molar-refractivity contribution in [1.29, 1.82) is 0 Å². The maximum atomic E-state index is 10.1. The summed E-state index contributed by atoms with van der Waals surface area (Å²) in [4.78, 5) is 1.38. The second kappa shape index (κ2) is 5.27. The van der Waals surface area contributed by atoms with Gasteiger partial charge >= 0.3 is 0 Å². The molecule has 0 aromatic carbocycles. The molecule has 4 heteroatoms. The van der Waals surface area contributed by atoms with Gasteiger partial charge in [0.25, 0.3) is 0 Å².